The van der Waals surface area contributed by atoms with E-state index in [0.717, 1.165) is 0 Å². The van der Waals surface area contributed by atoms with Crippen molar-refractivity contribution in [3.05, 3.63) is 0 Å². The largest absolute Gasteiger partial charge is 0.468 e. The molecule has 0 aromatic heterocycles. The van der Waals surface area contributed by atoms with E-state index >= 15 is 0 Å². The normalized spacial score (nSPS) is 20.3. The third-order valence-electron chi connectivity index (χ3n) is 2.27. The Morgan fingerprint density at radius 2 is 2.33 bits per heavy atom. The van der Waals surface area contributed by atoms with Crippen molar-refractivity contribution in [3.8, 4) is 0 Å². The molecule has 1 unspecified atom stereocenters. The van der Waals surface area contributed by atoms with Crippen molar-refractivity contribution >= 4 is 17.8 Å². The predicted molar refractivity (Wildman–Crippen MR) is 50.8 cm³/mol. The second kappa shape index (κ2) is 5.33. The molecule has 2 N–H and O–H groups in total. The van der Waals surface area contributed by atoms with E-state index in [4.69, 9.17) is 0 Å². The summed E-state index contributed by atoms with van der Waals surface area (Å²) in [5.74, 6) is -0.983. The zero-order valence-corrected chi connectivity index (χ0v) is 8.54. The maximum atomic E-state index is 11.5. The third kappa shape index (κ3) is 3.57. The molecule has 1 heterocycles. The zero-order valence-electron chi connectivity index (χ0n) is 8.54. The van der Waals surface area contributed by atoms with Crippen LogP contribution >= 0.6 is 0 Å². The minimum Gasteiger partial charge on any atom is -0.468 e. The molecule has 0 spiro atoms. The summed E-state index contributed by atoms with van der Waals surface area (Å²) in [6, 6.07) is 0. The van der Waals surface area contributed by atoms with Crippen molar-refractivity contribution in [1.82, 2.24) is 10.6 Å². The van der Waals surface area contributed by atoms with Crippen LogP contribution in [0.5, 0.6) is 0 Å². The summed E-state index contributed by atoms with van der Waals surface area (Å²) in [6.45, 7) is 0.214. The third-order valence-corrected chi connectivity index (χ3v) is 2.27. The van der Waals surface area contributed by atoms with Crippen LogP contribution in [0.1, 0.15) is 12.8 Å². The molecule has 1 aliphatic rings. The van der Waals surface area contributed by atoms with Gasteiger partial charge in [-0.2, -0.15) is 0 Å². The molecule has 0 aliphatic carbocycles. The van der Waals surface area contributed by atoms with E-state index < -0.39 is 5.97 Å². The molecular weight excluding hydrogens is 200 g/mol. The van der Waals surface area contributed by atoms with Gasteiger partial charge in [-0.3, -0.25) is 14.4 Å². The molecule has 2 amide bonds. The number of methoxy groups -OCH3 is 1. The molecule has 1 saturated heterocycles. The summed E-state index contributed by atoms with van der Waals surface area (Å²) in [5, 5.41) is 5.05. The number of ether oxygens (including phenoxy) is 1. The van der Waals surface area contributed by atoms with Gasteiger partial charge in [-0.1, -0.05) is 0 Å². The molecule has 6 nitrogen and oxygen atoms in total. The predicted octanol–water partition coefficient (Wildman–Crippen LogP) is -1.20. The molecule has 0 bridgehead atoms. The lowest BCUT2D eigenvalue weighted by molar-refractivity contribution is -0.142. The molecule has 0 radical (unpaired) electrons. The Kier molecular flexibility index (Phi) is 4.08. The SMILES string of the molecule is COC(=O)CNC(=O)C1CCC(=O)NC1. The average Bonchev–Trinajstić information content (AvgIpc) is 2.26. The first-order valence-electron chi connectivity index (χ1n) is 4.74. The first-order valence-corrected chi connectivity index (χ1v) is 4.74. The minimum absolute atomic E-state index is 0.0352. The summed E-state index contributed by atoms with van der Waals surface area (Å²) in [5.41, 5.74) is 0. The van der Waals surface area contributed by atoms with Crippen molar-refractivity contribution in [1.29, 1.82) is 0 Å². The minimum atomic E-state index is -0.483. The highest BCUT2D eigenvalue weighted by atomic mass is 16.5. The fourth-order valence-corrected chi connectivity index (χ4v) is 1.33. The highest BCUT2D eigenvalue weighted by molar-refractivity contribution is 5.86. The van der Waals surface area contributed by atoms with E-state index in [1.54, 1.807) is 0 Å². The summed E-state index contributed by atoms with van der Waals surface area (Å²) in [6.07, 6.45) is 0.884. The number of rotatable bonds is 3. The molecule has 15 heavy (non-hydrogen) atoms. The summed E-state index contributed by atoms with van der Waals surface area (Å²) < 4.78 is 4.38. The maximum absolute atomic E-state index is 11.5. The Morgan fingerprint density at radius 1 is 1.60 bits per heavy atom. The highest BCUT2D eigenvalue weighted by Gasteiger charge is 2.24. The number of carbonyl (C=O) groups is 3. The molecule has 1 fully saturated rings. The van der Waals surface area contributed by atoms with Gasteiger partial charge in [-0.25, -0.2) is 0 Å². The van der Waals surface area contributed by atoms with Crippen molar-refractivity contribution in [2.45, 2.75) is 12.8 Å². The van der Waals surface area contributed by atoms with Crippen molar-refractivity contribution in [2.75, 3.05) is 20.2 Å². The van der Waals surface area contributed by atoms with Gasteiger partial charge in [-0.15, -0.1) is 0 Å². The second-order valence-corrected chi connectivity index (χ2v) is 3.33. The fourth-order valence-electron chi connectivity index (χ4n) is 1.33. The van der Waals surface area contributed by atoms with Crippen LogP contribution in [0, 0.1) is 5.92 Å². The van der Waals surface area contributed by atoms with Crippen LogP contribution in [-0.4, -0.2) is 38.0 Å². The van der Waals surface area contributed by atoms with Crippen molar-refractivity contribution < 1.29 is 19.1 Å². The average molecular weight is 214 g/mol. The lowest BCUT2D eigenvalue weighted by atomic mass is 9.98. The van der Waals surface area contributed by atoms with E-state index in [1.165, 1.54) is 7.11 Å². The van der Waals surface area contributed by atoms with Gasteiger partial charge in [0.05, 0.1) is 13.0 Å². The monoisotopic (exact) mass is 214 g/mol. The molecular formula is C9H14N2O4. The number of carbonyl (C=O) groups excluding carboxylic acids is 3. The van der Waals surface area contributed by atoms with Crippen molar-refractivity contribution in [3.63, 3.8) is 0 Å². The number of hydrogen-bond donors (Lipinski definition) is 2. The van der Waals surface area contributed by atoms with E-state index in [1.807, 2.05) is 0 Å². The first kappa shape index (κ1) is 11.5. The number of hydrogen-bond acceptors (Lipinski definition) is 4. The van der Waals surface area contributed by atoms with E-state index in [-0.39, 0.29) is 24.3 Å². The Morgan fingerprint density at radius 3 is 2.87 bits per heavy atom. The van der Waals surface area contributed by atoms with Crippen LogP contribution in [0.4, 0.5) is 0 Å². The number of amides is 2. The van der Waals surface area contributed by atoms with Gasteiger partial charge in [-0.05, 0) is 6.42 Å². The standard InChI is InChI=1S/C9H14N2O4/c1-15-8(13)5-11-9(14)6-2-3-7(12)10-4-6/h6H,2-5H2,1H3,(H,10,12)(H,11,14). The summed E-state index contributed by atoms with van der Waals surface area (Å²) in [4.78, 5) is 33.0. The van der Waals surface area contributed by atoms with Crippen LogP contribution in [0.15, 0.2) is 0 Å². The maximum Gasteiger partial charge on any atom is 0.325 e. The fraction of sp³-hybridized carbons (Fsp3) is 0.667. The topological polar surface area (TPSA) is 84.5 Å². The van der Waals surface area contributed by atoms with Gasteiger partial charge < -0.3 is 15.4 Å². The van der Waals surface area contributed by atoms with Crippen LogP contribution in [0.2, 0.25) is 0 Å². The van der Waals surface area contributed by atoms with Gasteiger partial charge in [0.25, 0.3) is 0 Å². The van der Waals surface area contributed by atoms with Gasteiger partial charge in [0, 0.05) is 13.0 Å². The van der Waals surface area contributed by atoms with E-state index in [0.29, 0.717) is 19.4 Å². The first-order chi connectivity index (χ1) is 7.13. The van der Waals surface area contributed by atoms with Gasteiger partial charge >= 0.3 is 5.97 Å². The molecule has 6 heteroatoms. The van der Waals surface area contributed by atoms with Crippen LogP contribution in [-0.2, 0) is 19.1 Å². The quantitative estimate of drug-likeness (QED) is 0.578. The van der Waals surface area contributed by atoms with Crippen LogP contribution in [0.3, 0.4) is 0 Å². The summed E-state index contributed by atoms with van der Waals surface area (Å²) in [7, 11) is 1.26. The van der Waals surface area contributed by atoms with Gasteiger partial charge in [0.2, 0.25) is 11.8 Å². The Balaban J connectivity index is 2.28. The molecule has 1 rings (SSSR count). The lowest BCUT2D eigenvalue weighted by Gasteiger charge is -2.21. The molecule has 0 saturated carbocycles. The molecule has 0 aromatic carbocycles. The van der Waals surface area contributed by atoms with E-state index in [9.17, 15) is 14.4 Å². The Labute approximate surface area is 87.4 Å². The highest BCUT2D eigenvalue weighted by Crippen LogP contribution is 2.10. The van der Waals surface area contributed by atoms with Crippen molar-refractivity contribution in [2.24, 2.45) is 5.92 Å². The van der Waals surface area contributed by atoms with Crippen LogP contribution < -0.4 is 10.6 Å². The number of esters is 1. The van der Waals surface area contributed by atoms with E-state index in [2.05, 4.69) is 15.4 Å². The van der Waals surface area contributed by atoms with Gasteiger partial charge in [0.1, 0.15) is 6.54 Å². The molecule has 1 atom stereocenters. The molecule has 1 aliphatic heterocycles. The Hall–Kier alpha value is -1.59. The zero-order chi connectivity index (χ0) is 11.3. The summed E-state index contributed by atoms with van der Waals surface area (Å²) >= 11 is 0. The second-order valence-electron chi connectivity index (χ2n) is 3.33. The van der Waals surface area contributed by atoms with Crippen LogP contribution in [0.25, 0.3) is 0 Å². The van der Waals surface area contributed by atoms with Gasteiger partial charge in [0.15, 0.2) is 0 Å². The smallest absolute Gasteiger partial charge is 0.325 e. The number of nitrogens with one attached hydrogen (secondary N) is 2. The Bertz CT molecular complexity index is 267. The molecule has 0 aromatic rings. The lowest BCUT2D eigenvalue weighted by Crippen LogP contribution is -2.44. The number of piperidine rings is 1. The molecule has 84 valence electrons.